The average molecular weight is 1610 g/mol. The molecular weight excluding hydrogens is 1420 g/mol. The van der Waals surface area contributed by atoms with E-state index in [1.807, 2.05) is 0 Å². The molecule has 0 aromatic heterocycles. The molecule has 0 fully saturated rings. The summed E-state index contributed by atoms with van der Waals surface area (Å²) >= 11 is 4.90. The minimum Gasteiger partial charge on any atom is -0.784 e. The van der Waals surface area contributed by atoms with E-state index in [-0.39, 0.29) is 19.5 Å². The van der Waals surface area contributed by atoms with Gasteiger partial charge in [0.05, 0.1) is 0 Å². The van der Waals surface area contributed by atoms with E-state index in [4.69, 9.17) is 0 Å². The molecule has 0 aliphatic carbocycles. The monoisotopic (exact) mass is 1610 g/mol. The van der Waals surface area contributed by atoms with Gasteiger partial charge < -0.3 is 18.9 Å². The van der Waals surface area contributed by atoms with Gasteiger partial charge >= 0.3 is 19.5 Å². The van der Waals surface area contributed by atoms with Crippen molar-refractivity contribution in [3.63, 3.8) is 0 Å². The van der Waals surface area contributed by atoms with Gasteiger partial charge in [-0.1, -0.05) is 541 Å². The smallest absolute Gasteiger partial charge is 0.784 e. The van der Waals surface area contributed by atoms with Crippen molar-refractivity contribution in [2.45, 2.75) is 567 Å². The maximum Gasteiger partial charge on any atom is 2.00 e. The van der Waals surface area contributed by atoms with Gasteiger partial charge in [0.2, 0.25) is 0 Å². The molecule has 0 heterocycles. The number of hydrogen-bond donors (Lipinski definition) is 0. The van der Waals surface area contributed by atoms with Crippen LogP contribution >= 0.6 is 57.1 Å². The Morgan fingerprint density at radius 2 is 0.214 bits per heavy atom. The zero-order chi connectivity index (χ0) is 74.1. The van der Waals surface area contributed by atoms with Gasteiger partial charge in [-0.3, -0.25) is 0 Å². The van der Waals surface area contributed by atoms with Gasteiger partial charge in [-0.05, 0) is 25.7 Å². The van der Waals surface area contributed by atoms with Gasteiger partial charge in [-0.25, -0.2) is 0 Å². The maximum atomic E-state index is 12.4. The third-order valence-corrected chi connectivity index (χ3v) is 34.9. The van der Waals surface area contributed by atoms with Gasteiger partial charge in [-0.15, -0.1) is 45.5 Å². The fraction of sp³-hybridized carbons (Fsp3) is 1.00. The van der Waals surface area contributed by atoms with Crippen molar-refractivity contribution in [2.75, 3.05) is 23.0 Å². The third-order valence-electron chi connectivity index (χ3n) is 22.0. The number of hydrogen-bond acceptors (Lipinski definition) is 8. The largest absolute Gasteiger partial charge is 2.00 e. The van der Waals surface area contributed by atoms with Gasteiger partial charge in [0.25, 0.3) is 0 Å². The van der Waals surface area contributed by atoms with Crippen molar-refractivity contribution >= 4 is 57.1 Å². The van der Waals surface area contributed by atoms with Crippen LogP contribution in [0.5, 0.6) is 0 Å². The Morgan fingerprint density at radius 3 is 0.291 bits per heavy atom. The standard InChI is InChI=1S/2C46H95O2PS2.Zn/c2*1-3-5-7-9-11-13-15-17-19-21-23-25-27-29-31-33-35-37-39-41-43-45-50-49(47,48)51-46-44-42-40-38-36-34-32-30-28-26-24-22-20-18-16-14-12-10-8-6-4-2;/h2*3-46H2,1-2H3,(H,47,48);/q;;+2/p-2. The molecule has 0 rings (SSSR count). The van der Waals surface area contributed by atoms with Crippen LogP contribution < -0.4 is 9.79 Å². The molecule has 0 aromatic rings. The van der Waals surface area contributed by atoms with Crippen LogP contribution in [0.4, 0.5) is 0 Å². The van der Waals surface area contributed by atoms with Crippen molar-refractivity contribution in [1.29, 1.82) is 0 Å². The summed E-state index contributed by atoms with van der Waals surface area (Å²) in [5, 5.41) is 0. The zero-order valence-electron chi connectivity index (χ0n) is 71.1. The summed E-state index contributed by atoms with van der Waals surface area (Å²) in [6.07, 6.45) is 117. The summed E-state index contributed by atoms with van der Waals surface area (Å²) in [7, 11) is 0. The van der Waals surface area contributed by atoms with Gasteiger partial charge in [0.15, 0.2) is 0 Å². The number of unbranched alkanes of at least 4 members (excludes halogenated alkanes) is 80. The van der Waals surface area contributed by atoms with Gasteiger partial charge in [0.1, 0.15) is 11.5 Å². The van der Waals surface area contributed by atoms with Crippen molar-refractivity contribution in [3.8, 4) is 0 Å². The summed E-state index contributed by atoms with van der Waals surface area (Å²) < 4.78 is 24.8. The molecule has 0 unspecified atom stereocenters. The van der Waals surface area contributed by atoms with Crippen LogP contribution in [0.1, 0.15) is 567 Å². The van der Waals surface area contributed by atoms with Crippen LogP contribution in [0.2, 0.25) is 0 Å². The first-order valence-electron chi connectivity index (χ1n) is 47.4. The Hall–Kier alpha value is 2.40. The summed E-state index contributed by atoms with van der Waals surface area (Å²) in [6, 6.07) is 0. The summed E-state index contributed by atoms with van der Waals surface area (Å²) in [5.74, 6) is -3.47. The van der Waals surface area contributed by atoms with Crippen LogP contribution in [0, 0.1) is 0 Å². The van der Waals surface area contributed by atoms with Crippen molar-refractivity contribution < 1.29 is 38.4 Å². The van der Waals surface area contributed by atoms with E-state index in [1.54, 1.807) is 0 Å². The molecule has 0 saturated carbocycles. The minimum absolute atomic E-state index is 0. The second-order valence-electron chi connectivity index (χ2n) is 32.5. The second-order valence-corrected chi connectivity index (χ2v) is 47.2. The van der Waals surface area contributed by atoms with Crippen molar-refractivity contribution in [2.24, 2.45) is 0 Å². The molecule has 0 N–H and O–H groups in total. The first-order valence-corrected chi connectivity index (χ1v) is 57.1. The van der Waals surface area contributed by atoms with Crippen LogP contribution in [0.25, 0.3) is 0 Å². The molecule has 0 aliphatic rings. The van der Waals surface area contributed by atoms with Crippen LogP contribution in [-0.2, 0) is 28.6 Å². The summed E-state index contributed by atoms with van der Waals surface area (Å²) in [6.45, 7) is 9.19. The fourth-order valence-corrected chi connectivity index (χ4v) is 26.0. The first-order chi connectivity index (χ1) is 50.2. The molecule has 103 heavy (non-hydrogen) atoms. The van der Waals surface area contributed by atoms with Crippen molar-refractivity contribution in [3.05, 3.63) is 0 Å². The van der Waals surface area contributed by atoms with Gasteiger partial charge in [-0.2, -0.15) is 0 Å². The molecule has 0 radical (unpaired) electrons. The van der Waals surface area contributed by atoms with E-state index < -0.39 is 11.5 Å². The molecule has 4 nitrogen and oxygen atoms in total. The van der Waals surface area contributed by atoms with E-state index in [9.17, 15) is 18.9 Å². The Morgan fingerprint density at radius 1 is 0.146 bits per heavy atom. The normalized spacial score (nSPS) is 11.9. The Bertz CT molecular complexity index is 1370. The first kappa shape index (κ1) is 110. The van der Waals surface area contributed by atoms with E-state index in [2.05, 4.69) is 27.7 Å². The quantitative estimate of drug-likeness (QED) is 0.0339. The molecule has 0 amide bonds. The van der Waals surface area contributed by atoms with Crippen molar-refractivity contribution in [1.82, 2.24) is 0 Å². The van der Waals surface area contributed by atoms with E-state index >= 15 is 0 Å². The molecule has 616 valence electrons. The second kappa shape index (κ2) is 98.6. The van der Waals surface area contributed by atoms with E-state index in [1.165, 1.54) is 559 Å². The molecule has 0 bridgehead atoms. The van der Waals surface area contributed by atoms with Crippen LogP contribution in [-0.4, -0.2) is 23.0 Å². The fourth-order valence-electron chi connectivity index (χ4n) is 14.9. The predicted octanol–water partition coefficient (Wildman–Crippen LogP) is 36.7. The Labute approximate surface area is 680 Å². The molecule has 0 spiro atoms. The average Bonchev–Trinajstić information content (AvgIpc) is 1.63. The maximum absolute atomic E-state index is 12.4. The van der Waals surface area contributed by atoms with Crippen LogP contribution in [0.3, 0.4) is 0 Å². The number of rotatable bonds is 92. The van der Waals surface area contributed by atoms with E-state index in [0.29, 0.717) is 0 Å². The minimum atomic E-state index is -3.30. The van der Waals surface area contributed by atoms with Gasteiger partial charge in [0, 0.05) is 23.0 Å². The molecule has 11 heteroatoms. The van der Waals surface area contributed by atoms with E-state index in [0.717, 1.165) is 48.7 Å². The topological polar surface area (TPSA) is 80.3 Å². The molecule has 0 aromatic carbocycles. The summed E-state index contributed by atoms with van der Waals surface area (Å²) in [5.41, 5.74) is 0. The molecule has 0 saturated heterocycles. The Balaban J connectivity index is -0.00000192. The van der Waals surface area contributed by atoms with Crippen LogP contribution in [0.15, 0.2) is 0 Å². The molecular formula is C92H188O4P2S4Zn. The summed E-state index contributed by atoms with van der Waals surface area (Å²) in [4.78, 5) is 24.8. The zero-order valence-corrected chi connectivity index (χ0v) is 79.1. The third kappa shape index (κ3) is 104. The molecule has 0 atom stereocenters. The Kier molecular flexibility index (Phi) is 105. The predicted molar refractivity (Wildman–Crippen MR) is 476 cm³/mol. The SMILES string of the molecule is CCCCCCCCCCCCCCCCCCCCCCCSP(=O)([O-])SCCCCCCCCCCCCCCCCCCCCCCC.CCCCCCCCCCCCCCCCCCCCCCCSP(=O)([O-])SCCCCCCCCCCCCCCCCCCCCCCC.[Zn+2]. The molecule has 0 aliphatic heterocycles.